The number of rotatable bonds is 7. The van der Waals surface area contributed by atoms with Crippen LogP contribution in [0.5, 0.6) is 0 Å². The van der Waals surface area contributed by atoms with Gasteiger partial charge in [0, 0.05) is 94.5 Å². The molecule has 0 aliphatic carbocycles. The Labute approximate surface area is 196 Å². The lowest BCUT2D eigenvalue weighted by Gasteiger charge is -2.38. The standard InChI is InChI=1S/C24H35ClN6O/c1-20(2)24-26-7-8-31(24)14-13-27-9-11-28(12-10-27)19-23(32)30-17-15-29(16-18-30)22-5-3-21(25)4-6-22/h3-8,20H,9-19H2,1-2H3. The van der Waals surface area contributed by atoms with E-state index in [1.54, 1.807) is 0 Å². The van der Waals surface area contributed by atoms with E-state index in [9.17, 15) is 4.79 Å². The van der Waals surface area contributed by atoms with Crippen LogP contribution < -0.4 is 4.90 Å². The fourth-order valence-corrected chi connectivity index (χ4v) is 4.71. The molecule has 2 aliphatic heterocycles. The predicted octanol–water partition coefficient (Wildman–Crippen LogP) is 2.63. The van der Waals surface area contributed by atoms with Crippen LogP contribution in [-0.4, -0.2) is 95.6 Å². The molecule has 174 valence electrons. The number of aromatic nitrogens is 2. The summed E-state index contributed by atoms with van der Waals surface area (Å²) in [6, 6.07) is 7.95. The molecule has 32 heavy (non-hydrogen) atoms. The first kappa shape index (κ1) is 23.1. The Balaban J connectivity index is 1.16. The second-order valence-electron chi connectivity index (χ2n) is 9.10. The SMILES string of the molecule is CC(C)c1nccn1CCN1CCN(CC(=O)N2CCN(c3ccc(Cl)cc3)CC2)CC1. The van der Waals surface area contributed by atoms with E-state index in [0.717, 1.165) is 76.3 Å². The van der Waals surface area contributed by atoms with Crippen molar-refractivity contribution in [2.45, 2.75) is 26.3 Å². The lowest BCUT2D eigenvalue weighted by molar-refractivity contribution is -0.133. The highest BCUT2D eigenvalue weighted by Gasteiger charge is 2.25. The summed E-state index contributed by atoms with van der Waals surface area (Å²) in [4.78, 5) is 26.5. The number of amides is 1. The zero-order valence-electron chi connectivity index (χ0n) is 19.3. The van der Waals surface area contributed by atoms with E-state index in [0.29, 0.717) is 12.5 Å². The third-order valence-corrected chi connectivity index (χ3v) is 6.82. The Kier molecular flexibility index (Phi) is 7.71. The Bertz CT molecular complexity index is 867. The van der Waals surface area contributed by atoms with Gasteiger partial charge in [0.1, 0.15) is 5.82 Å². The van der Waals surface area contributed by atoms with Gasteiger partial charge in [0.15, 0.2) is 0 Å². The van der Waals surface area contributed by atoms with Crippen LogP contribution in [0.15, 0.2) is 36.7 Å². The molecule has 8 heteroatoms. The van der Waals surface area contributed by atoms with Gasteiger partial charge in [0.25, 0.3) is 0 Å². The highest BCUT2D eigenvalue weighted by molar-refractivity contribution is 6.30. The zero-order valence-corrected chi connectivity index (χ0v) is 20.0. The minimum Gasteiger partial charge on any atom is -0.368 e. The van der Waals surface area contributed by atoms with Gasteiger partial charge in [-0.15, -0.1) is 0 Å². The number of anilines is 1. The normalized spacial score (nSPS) is 18.5. The Morgan fingerprint density at radius 3 is 2.25 bits per heavy atom. The van der Waals surface area contributed by atoms with Crippen LogP contribution in [0.4, 0.5) is 5.69 Å². The van der Waals surface area contributed by atoms with Gasteiger partial charge in [-0.2, -0.15) is 0 Å². The van der Waals surface area contributed by atoms with Crippen molar-refractivity contribution in [1.82, 2.24) is 24.3 Å². The van der Waals surface area contributed by atoms with E-state index in [-0.39, 0.29) is 5.91 Å². The summed E-state index contributed by atoms with van der Waals surface area (Å²) in [5.41, 5.74) is 1.17. The van der Waals surface area contributed by atoms with Gasteiger partial charge >= 0.3 is 0 Å². The summed E-state index contributed by atoms with van der Waals surface area (Å²) in [5.74, 6) is 1.86. The van der Waals surface area contributed by atoms with E-state index in [4.69, 9.17) is 11.6 Å². The molecular formula is C24H35ClN6O. The van der Waals surface area contributed by atoms with E-state index >= 15 is 0 Å². The Morgan fingerprint density at radius 2 is 1.59 bits per heavy atom. The third kappa shape index (κ3) is 5.82. The van der Waals surface area contributed by atoms with Crippen LogP contribution in [0.2, 0.25) is 5.02 Å². The molecule has 2 saturated heterocycles. The molecule has 4 rings (SSSR count). The van der Waals surface area contributed by atoms with E-state index in [1.165, 1.54) is 5.69 Å². The molecule has 1 amide bonds. The third-order valence-electron chi connectivity index (χ3n) is 6.57. The average molecular weight is 459 g/mol. The summed E-state index contributed by atoms with van der Waals surface area (Å²) in [6.45, 7) is 14.2. The zero-order chi connectivity index (χ0) is 22.5. The summed E-state index contributed by atoms with van der Waals surface area (Å²) < 4.78 is 2.27. The van der Waals surface area contributed by atoms with Crippen molar-refractivity contribution in [3.63, 3.8) is 0 Å². The number of piperazine rings is 2. The fraction of sp³-hybridized carbons (Fsp3) is 0.583. The van der Waals surface area contributed by atoms with Crippen molar-refractivity contribution in [2.75, 3.05) is 70.3 Å². The molecule has 3 heterocycles. The number of carbonyl (C=O) groups excluding carboxylic acids is 1. The molecule has 7 nitrogen and oxygen atoms in total. The molecule has 0 saturated carbocycles. The Morgan fingerprint density at radius 1 is 0.938 bits per heavy atom. The quantitative estimate of drug-likeness (QED) is 0.638. The number of nitrogens with zero attached hydrogens (tertiary/aromatic N) is 6. The number of imidazole rings is 1. The van der Waals surface area contributed by atoms with Gasteiger partial charge in [-0.05, 0) is 24.3 Å². The maximum atomic E-state index is 12.8. The number of benzene rings is 1. The minimum atomic E-state index is 0.259. The first-order chi connectivity index (χ1) is 15.5. The van der Waals surface area contributed by atoms with Crippen molar-refractivity contribution >= 4 is 23.2 Å². The van der Waals surface area contributed by atoms with Crippen LogP contribution in [-0.2, 0) is 11.3 Å². The fourth-order valence-electron chi connectivity index (χ4n) is 4.59. The number of hydrogen-bond donors (Lipinski definition) is 0. The van der Waals surface area contributed by atoms with E-state index in [2.05, 4.69) is 56.4 Å². The van der Waals surface area contributed by atoms with Crippen LogP contribution in [0.25, 0.3) is 0 Å². The summed E-state index contributed by atoms with van der Waals surface area (Å²) in [6.07, 6.45) is 3.98. The largest absolute Gasteiger partial charge is 0.368 e. The van der Waals surface area contributed by atoms with Crippen LogP contribution >= 0.6 is 11.6 Å². The molecule has 1 aromatic heterocycles. The highest BCUT2D eigenvalue weighted by Crippen LogP contribution is 2.19. The summed E-state index contributed by atoms with van der Waals surface area (Å²) in [7, 11) is 0. The van der Waals surface area contributed by atoms with Crippen molar-refractivity contribution in [3.05, 3.63) is 47.5 Å². The van der Waals surface area contributed by atoms with Gasteiger partial charge in [-0.25, -0.2) is 4.98 Å². The molecule has 2 aliphatic rings. The van der Waals surface area contributed by atoms with Gasteiger partial charge in [-0.3, -0.25) is 14.6 Å². The summed E-state index contributed by atoms with van der Waals surface area (Å²) >= 11 is 5.99. The van der Waals surface area contributed by atoms with Gasteiger partial charge in [0.2, 0.25) is 5.91 Å². The van der Waals surface area contributed by atoms with Crippen molar-refractivity contribution in [2.24, 2.45) is 0 Å². The molecule has 0 radical (unpaired) electrons. The maximum Gasteiger partial charge on any atom is 0.236 e. The van der Waals surface area contributed by atoms with E-state index in [1.807, 2.05) is 23.2 Å². The second-order valence-corrected chi connectivity index (χ2v) is 9.53. The molecule has 0 spiro atoms. The number of halogens is 1. The smallest absolute Gasteiger partial charge is 0.236 e. The first-order valence-electron chi connectivity index (χ1n) is 11.7. The maximum absolute atomic E-state index is 12.8. The number of hydrogen-bond acceptors (Lipinski definition) is 5. The van der Waals surface area contributed by atoms with Crippen LogP contribution in [0, 0.1) is 0 Å². The van der Waals surface area contributed by atoms with Gasteiger partial charge in [-0.1, -0.05) is 25.4 Å². The lowest BCUT2D eigenvalue weighted by Crippen LogP contribution is -2.54. The topological polar surface area (TPSA) is 47.9 Å². The monoisotopic (exact) mass is 458 g/mol. The Hall–Kier alpha value is -2.09. The molecule has 1 aromatic carbocycles. The van der Waals surface area contributed by atoms with Gasteiger partial charge < -0.3 is 14.4 Å². The molecule has 0 bridgehead atoms. The molecule has 2 aromatic rings. The van der Waals surface area contributed by atoms with Crippen LogP contribution in [0.1, 0.15) is 25.6 Å². The highest BCUT2D eigenvalue weighted by atomic mass is 35.5. The molecule has 0 N–H and O–H groups in total. The molecule has 0 atom stereocenters. The average Bonchev–Trinajstić information content (AvgIpc) is 3.28. The first-order valence-corrected chi connectivity index (χ1v) is 12.1. The summed E-state index contributed by atoms with van der Waals surface area (Å²) in [5, 5.41) is 0.754. The number of carbonyl (C=O) groups is 1. The van der Waals surface area contributed by atoms with E-state index < -0.39 is 0 Å². The van der Waals surface area contributed by atoms with Crippen molar-refractivity contribution in [1.29, 1.82) is 0 Å². The predicted molar refractivity (Wildman–Crippen MR) is 129 cm³/mol. The molecular weight excluding hydrogens is 424 g/mol. The molecule has 0 unspecified atom stereocenters. The second kappa shape index (κ2) is 10.7. The molecule has 2 fully saturated rings. The van der Waals surface area contributed by atoms with Crippen molar-refractivity contribution < 1.29 is 4.79 Å². The van der Waals surface area contributed by atoms with Crippen molar-refractivity contribution in [3.8, 4) is 0 Å². The lowest BCUT2D eigenvalue weighted by atomic mass is 10.2. The van der Waals surface area contributed by atoms with Gasteiger partial charge in [0.05, 0.1) is 6.54 Å². The van der Waals surface area contributed by atoms with Crippen LogP contribution in [0.3, 0.4) is 0 Å². The minimum absolute atomic E-state index is 0.259.